The van der Waals surface area contributed by atoms with E-state index in [4.69, 9.17) is 0 Å². The normalized spacial score (nSPS) is 23.8. The Bertz CT molecular complexity index is 1000. The van der Waals surface area contributed by atoms with E-state index in [1.54, 1.807) is 24.7 Å². The third-order valence-electron chi connectivity index (χ3n) is 5.92. The minimum absolute atomic E-state index is 0.0186. The fraction of sp³-hybridized carbons (Fsp3) is 0.273. The maximum Gasteiger partial charge on any atom is 0.253 e. The Kier molecular flexibility index (Phi) is 4.61. The zero-order valence-corrected chi connectivity index (χ0v) is 15.8. The Labute approximate surface area is 168 Å². The van der Waals surface area contributed by atoms with Crippen LogP contribution in [0.3, 0.4) is 0 Å². The Morgan fingerprint density at radius 3 is 2.76 bits per heavy atom. The van der Waals surface area contributed by atoms with Crippen molar-refractivity contribution in [1.29, 1.82) is 0 Å². The minimum atomic E-state index is -0.241. The number of nitrogens with one attached hydrogen (secondary N) is 2. The van der Waals surface area contributed by atoms with Crippen molar-refractivity contribution in [3.05, 3.63) is 84.2 Å². The quantitative estimate of drug-likeness (QED) is 0.721. The summed E-state index contributed by atoms with van der Waals surface area (Å²) in [5.41, 5.74) is 9.18. The number of hydrazine groups is 1. The van der Waals surface area contributed by atoms with Crippen LogP contribution in [-0.2, 0) is 0 Å². The van der Waals surface area contributed by atoms with Crippen molar-refractivity contribution >= 4 is 5.91 Å². The van der Waals surface area contributed by atoms with Crippen LogP contribution in [0.25, 0.3) is 5.69 Å². The number of hydrogen-bond donors (Lipinski definition) is 2. The molecule has 3 aromatic rings. The van der Waals surface area contributed by atoms with Gasteiger partial charge in [0.05, 0.1) is 12.4 Å². The fourth-order valence-electron chi connectivity index (χ4n) is 4.39. The molecule has 0 radical (unpaired) electrons. The summed E-state index contributed by atoms with van der Waals surface area (Å²) in [5.74, 6) is -0.0141. The number of nitrogens with zero attached hydrogens (tertiary/aromatic N) is 3. The number of hydrogen-bond acceptors (Lipinski definition) is 4. The van der Waals surface area contributed by atoms with Crippen molar-refractivity contribution < 1.29 is 9.18 Å². The molecule has 0 saturated carbocycles. The first-order chi connectivity index (χ1) is 14.2. The zero-order chi connectivity index (χ0) is 19.8. The molecule has 0 bridgehead atoms. The summed E-state index contributed by atoms with van der Waals surface area (Å²) in [7, 11) is 0. The number of imidazole rings is 1. The van der Waals surface area contributed by atoms with E-state index in [9.17, 15) is 9.18 Å². The highest BCUT2D eigenvalue weighted by atomic mass is 19.1. The molecule has 3 unspecified atom stereocenters. The van der Waals surface area contributed by atoms with Gasteiger partial charge in [-0.25, -0.2) is 14.8 Å². The van der Waals surface area contributed by atoms with Gasteiger partial charge in [-0.2, -0.15) is 0 Å². The van der Waals surface area contributed by atoms with Gasteiger partial charge in [-0.3, -0.25) is 10.2 Å². The largest absolute Gasteiger partial charge is 0.338 e. The maximum atomic E-state index is 13.7. The van der Waals surface area contributed by atoms with E-state index in [2.05, 4.69) is 15.8 Å². The van der Waals surface area contributed by atoms with E-state index in [1.807, 2.05) is 46.0 Å². The molecule has 2 N–H and O–H groups in total. The van der Waals surface area contributed by atoms with Crippen molar-refractivity contribution in [3.8, 4) is 5.69 Å². The molecule has 7 heteroatoms. The van der Waals surface area contributed by atoms with Gasteiger partial charge < -0.3 is 9.47 Å². The van der Waals surface area contributed by atoms with Crippen molar-refractivity contribution in [1.82, 2.24) is 25.3 Å². The number of halogens is 1. The van der Waals surface area contributed by atoms with Gasteiger partial charge in [0.15, 0.2) is 0 Å². The predicted molar refractivity (Wildman–Crippen MR) is 107 cm³/mol. The van der Waals surface area contributed by atoms with Crippen LogP contribution in [0.5, 0.6) is 0 Å². The standard InChI is InChI=1S/C22H22FN5O/c23-17-3-1-2-16(12-17)21-19-13-27(10-8-20(19)25-26-21)22(29)15-4-6-18(7-5-15)28-11-9-24-14-28/h1-7,9,11-12,14,19-21,25-26H,8,10,13H2. The van der Waals surface area contributed by atoms with E-state index < -0.39 is 0 Å². The average Bonchev–Trinajstić information content (AvgIpc) is 3.43. The summed E-state index contributed by atoms with van der Waals surface area (Å²) >= 11 is 0. The highest BCUT2D eigenvalue weighted by molar-refractivity contribution is 5.94. The topological polar surface area (TPSA) is 62.2 Å². The molecule has 2 aromatic carbocycles. The molecule has 6 nitrogen and oxygen atoms in total. The number of fused-ring (bicyclic) bond motifs is 1. The van der Waals surface area contributed by atoms with Crippen LogP contribution in [0.2, 0.25) is 0 Å². The number of benzene rings is 2. The van der Waals surface area contributed by atoms with Crippen LogP contribution in [0.4, 0.5) is 4.39 Å². The third-order valence-corrected chi connectivity index (χ3v) is 5.92. The Morgan fingerprint density at radius 2 is 2.00 bits per heavy atom. The van der Waals surface area contributed by atoms with Crippen LogP contribution in [0.1, 0.15) is 28.4 Å². The first-order valence-electron chi connectivity index (χ1n) is 9.83. The lowest BCUT2D eigenvalue weighted by Crippen LogP contribution is -2.47. The van der Waals surface area contributed by atoms with Crippen LogP contribution >= 0.6 is 0 Å². The number of aromatic nitrogens is 2. The number of carbonyl (C=O) groups excluding carboxylic acids is 1. The molecular weight excluding hydrogens is 369 g/mol. The van der Waals surface area contributed by atoms with Crippen LogP contribution in [0.15, 0.2) is 67.3 Å². The first-order valence-corrected chi connectivity index (χ1v) is 9.83. The molecule has 0 aliphatic carbocycles. The average molecular weight is 391 g/mol. The molecule has 5 rings (SSSR count). The van der Waals surface area contributed by atoms with Gasteiger partial charge in [-0.05, 0) is 48.4 Å². The number of likely N-dealkylation sites (tertiary alicyclic amines) is 1. The van der Waals surface area contributed by atoms with Crippen molar-refractivity contribution in [2.24, 2.45) is 5.92 Å². The summed E-state index contributed by atoms with van der Waals surface area (Å²) in [5, 5.41) is 0. The van der Waals surface area contributed by atoms with E-state index in [0.717, 1.165) is 17.7 Å². The number of amides is 1. The molecule has 2 aliphatic heterocycles. The minimum Gasteiger partial charge on any atom is -0.338 e. The predicted octanol–water partition coefficient (Wildman–Crippen LogP) is 2.69. The summed E-state index contributed by atoms with van der Waals surface area (Å²) < 4.78 is 15.6. The molecule has 2 aliphatic rings. The van der Waals surface area contributed by atoms with Crippen molar-refractivity contribution in [3.63, 3.8) is 0 Å². The second-order valence-corrected chi connectivity index (χ2v) is 7.65. The molecule has 0 spiro atoms. The molecule has 3 heterocycles. The number of rotatable bonds is 3. The van der Waals surface area contributed by atoms with E-state index in [1.165, 1.54) is 6.07 Å². The summed E-state index contributed by atoms with van der Waals surface area (Å²) in [6.45, 7) is 1.34. The highest BCUT2D eigenvalue weighted by Crippen LogP contribution is 2.34. The van der Waals surface area contributed by atoms with Crippen molar-refractivity contribution in [2.45, 2.75) is 18.5 Å². The Morgan fingerprint density at radius 1 is 1.14 bits per heavy atom. The third kappa shape index (κ3) is 3.43. The lowest BCUT2D eigenvalue weighted by molar-refractivity contribution is 0.0652. The Hall–Kier alpha value is -3.03. The van der Waals surface area contributed by atoms with Gasteiger partial charge in [0.2, 0.25) is 0 Å². The van der Waals surface area contributed by atoms with Crippen LogP contribution in [0, 0.1) is 11.7 Å². The molecule has 1 amide bonds. The summed E-state index contributed by atoms with van der Waals surface area (Å²) in [6, 6.07) is 14.5. The van der Waals surface area contributed by atoms with E-state index in [0.29, 0.717) is 18.7 Å². The summed E-state index contributed by atoms with van der Waals surface area (Å²) in [6.07, 6.45) is 6.19. The first kappa shape index (κ1) is 18.0. The monoisotopic (exact) mass is 391 g/mol. The van der Waals surface area contributed by atoms with Crippen LogP contribution in [-0.4, -0.2) is 39.5 Å². The van der Waals surface area contributed by atoms with Crippen molar-refractivity contribution in [2.75, 3.05) is 13.1 Å². The highest BCUT2D eigenvalue weighted by Gasteiger charge is 2.41. The molecule has 29 heavy (non-hydrogen) atoms. The molecule has 2 saturated heterocycles. The van der Waals surface area contributed by atoms with Crippen LogP contribution < -0.4 is 10.9 Å². The SMILES string of the molecule is O=C(c1ccc(-n2ccnc2)cc1)N1CCC2NNC(c3cccc(F)c3)C2C1. The lowest BCUT2D eigenvalue weighted by atomic mass is 9.85. The number of carbonyl (C=O) groups is 1. The second-order valence-electron chi connectivity index (χ2n) is 7.65. The van der Waals surface area contributed by atoms with E-state index >= 15 is 0 Å². The molecule has 2 fully saturated rings. The number of piperidine rings is 1. The molecule has 1 aromatic heterocycles. The second kappa shape index (κ2) is 7.42. The van der Waals surface area contributed by atoms with Gasteiger partial charge in [0.1, 0.15) is 5.82 Å². The van der Waals surface area contributed by atoms with Gasteiger partial charge in [0, 0.05) is 48.7 Å². The van der Waals surface area contributed by atoms with Gasteiger partial charge in [-0.1, -0.05) is 12.1 Å². The fourth-order valence-corrected chi connectivity index (χ4v) is 4.39. The van der Waals surface area contributed by atoms with Gasteiger partial charge in [0.25, 0.3) is 5.91 Å². The van der Waals surface area contributed by atoms with E-state index in [-0.39, 0.29) is 29.7 Å². The molecule has 148 valence electrons. The van der Waals surface area contributed by atoms with Gasteiger partial charge >= 0.3 is 0 Å². The van der Waals surface area contributed by atoms with Gasteiger partial charge in [-0.15, -0.1) is 0 Å². The maximum absolute atomic E-state index is 13.7. The molecule has 3 atom stereocenters. The lowest BCUT2D eigenvalue weighted by Gasteiger charge is -2.36. The molecular formula is C22H22FN5O. The summed E-state index contributed by atoms with van der Waals surface area (Å²) in [4.78, 5) is 19.1. The zero-order valence-electron chi connectivity index (χ0n) is 15.8. The Balaban J connectivity index is 1.32. The smallest absolute Gasteiger partial charge is 0.253 e.